The van der Waals surface area contributed by atoms with E-state index >= 15 is 0 Å². The molecule has 0 radical (unpaired) electrons. The Labute approximate surface area is 134 Å². The van der Waals surface area contributed by atoms with Gasteiger partial charge in [-0.1, -0.05) is 18.9 Å². The summed E-state index contributed by atoms with van der Waals surface area (Å²) in [6.07, 6.45) is 5.23. The Balaban J connectivity index is 2.07. The SMILES string of the molecule is CCN(CC)C(=O)c1ccc(CN2CCCCCC2)c(N)c1. The number of nitrogens with two attached hydrogens (primary N) is 1. The summed E-state index contributed by atoms with van der Waals surface area (Å²) in [5.74, 6) is 0.0676. The van der Waals surface area contributed by atoms with Crippen LogP contribution in [0.25, 0.3) is 0 Å². The number of anilines is 1. The fourth-order valence-corrected chi connectivity index (χ4v) is 3.10. The third kappa shape index (κ3) is 4.23. The van der Waals surface area contributed by atoms with Crippen LogP contribution in [-0.2, 0) is 6.54 Å². The van der Waals surface area contributed by atoms with Gasteiger partial charge in [0.2, 0.25) is 0 Å². The van der Waals surface area contributed by atoms with Gasteiger partial charge in [-0.15, -0.1) is 0 Å². The van der Waals surface area contributed by atoms with E-state index in [9.17, 15) is 4.79 Å². The summed E-state index contributed by atoms with van der Waals surface area (Å²) < 4.78 is 0. The maximum atomic E-state index is 12.4. The summed E-state index contributed by atoms with van der Waals surface area (Å²) in [6, 6.07) is 5.79. The Bertz CT molecular complexity index is 489. The van der Waals surface area contributed by atoms with Gasteiger partial charge in [-0.2, -0.15) is 0 Å². The number of nitrogen functional groups attached to an aromatic ring is 1. The molecule has 1 aliphatic rings. The van der Waals surface area contributed by atoms with E-state index in [1.807, 2.05) is 36.9 Å². The first kappa shape index (κ1) is 16.8. The maximum absolute atomic E-state index is 12.4. The van der Waals surface area contributed by atoms with E-state index in [1.54, 1.807) is 0 Å². The number of amides is 1. The second-order valence-corrected chi connectivity index (χ2v) is 6.08. The Morgan fingerprint density at radius 3 is 2.32 bits per heavy atom. The second kappa shape index (κ2) is 8.18. The van der Waals surface area contributed by atoms with Gasteiger partial charge >= 0.3 is 0 Å². The average molecular weight is 303 g/mol. The molecule has 1 saturated heterocycles. The molecule has 0 aliphatic carbocycles. The maximum Gasteiger partial charge on any atom is 0.253 e. The molecule has 1 aromatic carbocycles. The van der Waals surface area contributed by atoms with Crippen LogP contribution in [0.1, 0.15) is 55.5 Å². The molecule has 2 N–H and O–H groups in total. The summed E-state index contributed by atoms with van der Waals surface area (Å²) in [6.45, 7) is 8.65. The van der Waals surface area contributed by atoms with Crippen LogP contribution in [0.4, 0.5) is 5.69 Å². The third-order valence-electron chi connectivity index (χ3n) is 4.54. The van der Waals surface area contributed by atoms with Crippen molar-refractivity contribution >= 4 is 11.6 Å². The molecule has 0 aromatic heterocycles. The molecule has 1 fully saturated rings. The van der Waals surface area contributed by atoms with Crippen molar-refractivity contribution in [2.75, 3.05) is 31.9 Å². The van der Waals surface area contributed by atoms with Crippen LogP contribution in [0.15, 0.2) is 18.2 Å². The topological polar surface area (TPSA) is 49.6 Å². The van der Waals surface area contributed by atoms with E-state index in [2.05, 4.69) is 4.90 Å². The molecule has 4 heteroatoms. The van der Waals surface area contributed by atoms with E-state index < -0.39 is 0 Å². The Morgan fingerprint density at radius 1 is 1.14 bits per heavy atom. The first-order chi connectivity index (χ1) is 10.7. The van der Waals surface area contributed by atoms with Gasteiger partial charge < -0.3 is 10.6 Å². The summed E-state index contributed by atoms with van der Waals surface area (Å²) in [5.41, 5.74) is 8.77. The van der Waals surface area contributed by atoms with Crippen LogP contribution in [0.2, 0.25) is 0 Å². The number of rotatable bonds is 5. The molecule has 1 aromatic rings. The molecule has 1 heterocycles. The van der Waals surface area contributed by atoms with Gasteiger partial charge in [-0.05, 0) is 57.5 Å². The summed E-state index contributed by atoms with van der Waals surface area (Å²) >= 11 is 0. The highest BCUT2D eigenvalue weighted by Crippen LogP contribution is 2.20. The third-order valence-corrected chi connectivity index (χ3v) is 4.54. The van der Waals surface area contributed by atoms with Crippen molar-refractivity contribution in [3.05, 3.63) is 29.3 Å². The number of carbonyl (C=O) groups is 1. The minimum Gasteiger partial charge on any atom is -0.398 e. The molecule has 0 atom stereocenters. The number of likely N-dealkylation sites (tertiary alicyclic amines) is 1. The highest BCUT2D eigenvalue weighted by Gasteiger charge is 2.15. The van der Waals surface area contributed by atoms with Gasteiger partial charge in [0.15, 0.2) is 0 Å². The van der Waals surface area contributed by atoms with E-state index in [0.29, 0.717) is 5.56 Å². The zero-order valence-electron chi connectivity index (χ0n) is 14.0. The molecular formula is C18H29N3O. The fourth-order valence-electron chi connectivity index (χ4n) is 3.10. The molecule has 4 nitrogen and oxygen atoms in total. The molecule has 0 spiro atoms. The van der Waals surface area contributed by atoms with Crippen LogP contribution >= 0.6 is 0 Å². The van der Waals surface area contributed by atoms with E-state index in [1.165, 1.54) is 25.7 Å². The number of hydrogen-bond donors (Lipinski definition) is 1. The first-order valence-electron chi connectivity index (χ1n) is 8.55. The summed E-state index contributed by atoms with van der Waals surface area (Å²) in [4.78, 5) is 16.7. The van der Waals surface area contributed by atoms with Crippen LogP contribution in [0, 0.1) is 0 Å². The van der Waals surface area contributed by atoms with Crippen molar-refractivity contribution in [2.24, 2.45) is 0 Å². The summed E-state index contributed by atoms with van der Waals surface area (Å²) in [5, 5.41) is 0. The lowest BCUT2D eigenvalue weighted by Crippen LogP contribution is -2.30. The zero-order chi connectivity index (χ0) is 15.9. The van der Waals surface area contributed by atoms with Crippen molar-refractivity contribution in [3.8, 4) is 0 Å². The van der Waals surface area contributed by atoms with Crippen molar-refractivity contribution < 1.29 is 4.79 Å². The van der Waals surface area contributed by atoms with Gasteiger partial charge in [0, 0.05) is 30.9 Å². The predicted molar refractivity (Wildman–Crippen MR) is 91.9 cm³/mol. The van der Waals surface area contributed by atoms with E-state index in [0.717, 1.165) is 44.0 Å². The van der Waals surface area contributed by atoms with E-state index in [4.69, 9.17) is 5.73 Å². The minimum atomic E-state index is 0.0676. The zero-order valence-corrected chi connectivity index (χ0v) is 14.0. The summed E-state index contributed by atoms with van der Waals surface area (Å²) in [7, 11) is 0. The highest BCUT2D eigenvalue weighted by molar-refractivity contribution is 5.95. The van der Waals surface area contributed by atoms with Gasteiger partial charge in [-0.25, -0.2) is 0 Å². The normalized spacial score (nSPS) is 16.3. The molecular weight excluding hydrogens is 274 g/mol. The molecule has 122 valence electrons. The van der Waals surface area contributed by atoms with Crippen molar-refractivity contribution in [3.63, 3.8) is 0 Å². The Morgan fingerprint density at radius 2 is 1.77 bits per heavy atom. The average Bonchev–Trinajstić information content (AvgIpc) is 2.79. The molecule has 1 aliphatic heterocycles. The minimum absolute atomic E-state index is 0.0676. The molecule has 0 unspecified atom stereocenters. The lowest BCUT2D eigenvalue weighted by atomic mass is 10.1. The molecule has 0 bridgehead atoms. The monoisotopic (exact) mass is 303 g/mol. The Kier molecular flexibility index (Phi) is 6.25. The largest absolute Gasteiger partial charge is 0.398 e. The molecule has 2 rings (SSSR count). The van der Waals surface area contributed by atoms with Gasteiger partial charge in [0.05, 0.1) is 0 Å². The van der Waals surface area contributed by atoms with Crippen molar-refractivity contribution in [2.45, 2.75) is 46.1 Å². The second-order valence-electron chi connectivity index (χ2n) is 6.08. The quantitative estimate of drug-likeness (QED) is 0.850. The van der Waals surface area contributed by atoms with Crippen LogP contribution in [-0.4, -0.2) is 41.9 Å². The molecule has 1 amide bonds. The molecule has 0 saturated carbocycles. The fraction of sp³-hybridized carbons (Fsp3) is 0.611. The van der Waals surface area contributed by atoms with Gasteiger partial charge in [-0.3, -0.25) is 9.69 Å². The predicted octanol–water partition coefficient (Wildman–Crippen LogP) is 3.13. The Hall–Kier alpha value is -1.55. The lowest BCUT2D eigenvalue weighted by Gasteiger charge is -2.22. The van der Waals surface area contributed by atoms with Crippen molar-refractivity contribution in [1.29, 1.82) is 0 Å². The van der Waals surface area contributed by atoms with Gasteiger partial charge in [0.25, 0.3) is 5.91 Å². The number of nitrogens with zero attached hydrogens (tertiary/aromatic N) is 2. The smallest absolute Gasteiger partial charge is 0.253 e. The number of hydrogen-bond acceptors (Lipinski definition) is 3. The highest BCUT2D eigenvalue weighted by atomic mass is 16.2. The van der Waals surface area contributed by atoms with Crippen LogP contribution in [0.5, 0.6) is 0 Å². The molecule has 22 heavy (non-hydrogen) atoms. The van der Waals surface area contributed by atoms with Crippen LogP contribution in [0.3, 0.4) is 0 Å². The number of benzene rings is 1. The lowest BCUT2D eigenvalue weighted by molar-refractivity contribution is 0.0773. The van der Waals surface area contributed by atoms with E-state index in [-0.39, 0.29) is 5.91 Å². The number of carbonyl (C=O) groups excluding carboxylic acids is 1. The first-order valence-corrected chi connectivity index (χ1v) is 8.55. The van der Waals surface area contributed by atoms with Crippen molar-refractivity contribution in [1.82, 2.24) is 9.80 Å². The standard InChI is InChI=1S/C18H29N3O/c1-3-21(4-2)18(22)15-9-10-16(17(19)13-15)14-20-11-7-5-6-8-12-20/h9-10,13H,3-8,11-12,14,19H2,1-2H3. The van der Waals surface area contributed by atoms with Gasteiger partial charge in [0.1, 0.15) is 0 Å². The van der Waals surface area contributed by atoms with Crippen LogP contribution < -0.4 is 5.73 Å².